The lowest BCUT2D eigenvalue weighted by Gasteiger charge is -2.13. The Balaban J connectivity index is 2.02. The third-order valence-electron chi connectivity index (χ3n) is 3.04. The summed E-state index contributed by atoms with van der Waals surface area (Å²) in [5.74, 6) is 1.13. The number of aryl methyl sites for hydroxylation is 2. The first kappa shape index (κ1) is 15.8. The number of anilines is 1. The first-order chi connectivity index (χ1) is 9.86. The number of nitrogens with zero attached hydrogens (tertiary/aromatic N) is 3. The number of hydrogen-bond donors (Lipinski definition) is 1. The van der Waals surface area contributed by atoms with Gasteiger partial charge in [-0.3, -0.25) is 4.79 Å². The van der Waals surface area contributed by atoms with E-state index in [4.69, 9.17) is 23.2 Å². The fourth-order valence-electron chi connectivity index (χ4n) is 1.92. The van der Waals surface area contributed by atoms with Crippen LogP contribution in [0.25, 0.3) is 0 Å². The maximum absolute atomic E-state index is 12.2. The average molecular weight is 327 g/mol. The number of aromatic nitrogens is 3. The number of amides is 1. The fraction of sp³-hybridized carbons (Fsp3) is 0.357. The molecule has 0 saturated carbocycles. The summed E-state index contributed by atoms with van der Waals surface area (Å²) in [5.41, 5.74) is 0.618. The Labute approximate surface area is 133 Å². The Bertz CT molecular complexity index is 669. The molecule has 0 saturated heterocycles. The molecule has 0 aliphatic carbocycles. The summed E-state index contributed by atoms with van der Waals surface area (Å²) in [6.07, 6.45) is 0. The molecule has 0 bridgehead atoms. The first-order valence-electron chi connectivity index (χ1n) is 6.51. The highest BCUT2D eigenvalue weighted by molar-refractivity contribution is 6.42. The molecule has 21 heavy (non-hydrogen) atoms. The predicted molar refractivity (Wildman–Crippen MR) is 83.8 cm³/mol. The zero-order valence-electron chi connectivity index (χ0n) is 12.0. The SMILES string of the molecule is Cc1nc(C)n(CC(C)C(=O)Nc2ccc(Cl)c(Cl)c2)n1. The van der Waals surface area contributed by atoms with Crippen molar-refractivity contribution in [2.24, 2.45) is 5.92 Å². The predicted octanol–water partition coefficient (Wildman–Crippen LogP) is 3.48. The molecule has 5 nitrogen and oxygen atoms in total. The molecule has 1 amide bonds. The lowest BCUT2D eigenvalue weighted by Crippen LogP contribution is -2.25. The van der Waals surface area contributed by atoms with Crippen LogP contribution in [0.1, 0.15) is 18.6 Å². The summed E-state index contributed by atoms with van der Waals surface area (Å²) in [5, 5.41) is 7.93. The second-order valence-electron chi connectivity index (χ2n) is 4.91. The smallest absolute Gasteiger partial charge is 0.229 e. The molecule has 0 aliphatic rings. The first-order valence-corrected chi connectivity index (χ1v) is 7.26. The molecule has 2 aromatic rings. The molecule has 0 spiro atoms. The van der Waals surface area contributed by atoms with Crippen LogP contribution in [-0.4, -0.2) is 20.7 Å². The summed E-state index contributed by atoms with van der Waals surface area (Å²) in [6.45, 7) is 6.00. The Morgan fingerprint density at radius 1 is 1.33 bits per heavy atom. The molecular weight excluding hydrogens is 311 g/mol. The van der Waals surface area contributed by atoms with E-state index < -0.39 is 0 Å². The zero-order valence-corrected chi connectivity index (χ0v) is 13.5. The van der Waals surface area contributed by atoms with Crippen LogP contribution in [0.15, 0.2) is 18.2 Å². The Morgan fingerprint density at radius 2 is 2.05 bits per heavy atom. The van der Waals surface area contributed by atoms with Gasteiger partial charge < -0.3 is 5.32 Å². The van der Waals surface area contributed by atoms with Crippen molar-refractivity contribution in [1.82, 2.24) is 14.8 Å². The second kappa shape index (κ2) is 6.45. The summed E-state index contributed by atoms with van der Waals surface area (Å²) in [4.78, 5) is 16.4. The van der Waals surface area contributed by atoms with Gasteiger partial charge in [-0.1, -0.05) is 30.1 Å². The molecule has 1 heterocycles. The molecule has 1 unspecified atom stereocenters. The van der Waals surface area contributed by atoms with E-state index in [1.54, 1.807) is 22.9 Å². The third kappa shape index (κ3) is 3.95. The molecule has 112 valence electrons. The van der Waals surface area contributed by atoms with Crippen molar-refractivity contribution < 1.29 is 4.79 Å². The number of benzene rings is 1. The largest absolute Gasteiger partial charge is 0.326 e. The topological polar surface area (TPSA) is 59.8 Å². The minimum Gasteiger partial charge on any atom is -0.326 e. The van der Waals surface area contributed by atoms with E-state index in [0.29, 0.717) is 28.1 Å². The number of hydrogen-bond acceptors (Lipinski definition) is 3. The van der Waals surface area contributed by atoms with Crippen molar-refractivity contribution in [2.45, 2.75) is 27.3 Å². The Hall–Kier alpha value is -1.59. The van der Waals surface area contributed by atoms with Gasteiger partial charge in [0.2, 0.25) is 5.91 Å². The highest BCUT2D eigenvalue weighted by Crippen LogP contribution is 2.25. The van der Waals surface area contributed by atoms with Crippen LogP contribution in [-0.2, 0) is 11.3 Å². The van der Waals surface area contributed by atoms with Crippen molar-refractivity contribution in [3.05, 3.63) is 39.9 Å². The summed E-state index contributed by atoms with van der Waals surface area (Å²) in [6, 6.07) is 4.98. The van der Waals surface area contributed by atoms with Gasteiger partial charge in [-0.15, -0.1) is 0 Å². The van der Waals surface area contributed by atoms with E-state index in [9.17, 15) is 4.79 Å². The molecule has 1 atom stereocenters. The van der Waals surface area contributed by atoms with Crippen molar-refractivity contribution in [3.63, 3.8) is 0 Å². The molecule has 1 N–H and O–H groups in total. The summed E-state index contributed by atoms with van der Waals surface area (Å²) >= 11 is 11.8. The number of carbonyl (C=O) groups is 1. The minimum absolute atomic E-state index is 0.110. The van der Waals surface area contributed by atoms with Gasteiger partial charge >= 0.3 is 0 Å². The minimum atomic E-state index is -0.251. The van der Waals surface area contributed by atoms with E-state index in [1.165, 1.54) is 0 Å². The van der Waals surface area contributed by atoms with Gasteiger partial charge in [0, 0.05) is 5.69 Å². The van der Waals surface area contributed by atoms with Crippen molar-refractivity contribution >= 4 is 34.8 Å². The van der Waals surface area contributed by atoms with Crippen LogP contribution in [0.2, 0.25) is 10.0 Å². The van der Waals surface area contributed by atoms with Crippen LogP contribution >= 0.6 is 23.2 Å². The quantitative estimate of drug-likeness (QED) is 0.935. The van der Waals surface area contributed by atoms with E-state index in [0.717, 1.165) is 5.82 Å². The monoisotopic (exact) mass is 326 g/mol. The average Bonchev–Trinajstić information content (AvgIpc) is 2.72. The summed E-state index contributed by atoms with van der Waals surface area (Å²) < 4.78 is 1.73. The highest BCUT2D eigenvalue weighted by atomic mass is 35.5. The summed E-state index contributed by atoms with van der Waals surface area (Å²) in [7, 11) is 0. The van der Waals surface area contributed by atoms with Gasteiger partial charge in [-0.25, -0.2) is 9.67 Å². The third-order valence-corrected chi connectivity index (χ3v) is 3.78. The number of halogens is 2. The van der Waals surface area contributed by atoms with Crippen molar-refractivity contribution in [2.75, 3.05) is 5.32 Å². The van der Waals surface area contributed by atoms with Crippen LogP contribution < -0.4 is 5.32 Å². The number of nitrogens with one attached hydrogen (secondary N) is 1. The molecule has 0 aliphatic heterocycles. The molecule has 0 radical (unpaired) electrons. The maximum atomic E-state index is 12.2. The Kier molecular flexibility index (Phi) is 4.85. The van der Waals surface area contributed by atoms with Crippen molar-refractivity contribution in [3.8, 4) is 0 Å². The van der Waals surface area contributed by atoms with Gasteiger partial charge in [-0.2, -0.15) is 5.10 Å². The van der Waals surface area contributed by atoms with Crippen LogP contribution in [0.4, 0.5) is 5.69 Å². The molecule has 7 heteroatoms. The van der Waals surface area contributed by atoms with Crippen LogP contribution in [0.3, 0.4) is 0 Å². The normalized spacial score (nSPS) is 12.2. The highest BCUT2D eigenvalue weighted by Gasteiger charge is 2.16. The van der Waals surface area contributed by atoms with Crippen molar-refractivity contribution in [1.29, 1.82) is 0 Å². The fourth-order valence-corrected chi connectivity index (χ4v) is 2.21. The maximum Gasteiger partial charge on any atom is 0.229 e. The molecule has 2 rings (SSSR count). The number of carbonyl (C=O) groups excluding carboxylic acids is 1. The van der Waals surface area contributed by atoms with Gasteiger partial charge in [0.1, 0.15) is 11.6 Å². The van der Waals surface area contributed by atoms with Crippen LogP contribution in [0.5, 0.6) is 0 Å². The van der Waals surface area contributed by atoms with Gasteiger partial charge in [0.05, 0.1) is 22.5 Å². The number of rotatable bonds is 4. The van der Waals surface area contributed by atoms with E-state index in [2.05, 4.69) is 15.4 Å². The second-order valence-corrected chi connectivity index (χ2v) is 5.72. The van der Waals surface area contributed by atoms with E-state index in [1.807, 2.05) is 20.8 Å². The molecule has 0 fully saturated rings. The molecule has 1 aromatic heterocycles. The van der Waals surface area contributed by atoms with Gasteiger partial charge in [-0.05, 0) is 32.0 Å². The standard InChI is InChI=1S/C14H16Cl2N4O/c1-8(7-20-10(3)17-9(2)19-20)14(21)18-11-4-5-12(15)13(16)6-11/h4-6,8H,7H2,1-3H3,(H,18,21). The van der Waals surface area contributed by atoms with Gasteiger partial charge in [0.25, 0.3) is 0 Å². The molecular formula is C14H16Cl2N4O. The van der Waals surface area contributed by atoms with E-state index >= 15 is 0 Å². The van der Waals surface area contributed by atoms with Gasteiger partial charge in [0.15, 0.2) is 0 Å². The lowest BCUT2D eigenvalue weighted by atomic mass is 10.1. The Morgan fingerprint density at radius 3 is 2.62 bits per heavy atom. The zero-order chi connectivity index (χ0) is 15.6. The molecule has 1 aromatic carbocycles. The van der Waals surface area contributed by atoms with Crippen LogP contribution in [0, 0.1) is 19.8 Å². The van der Waals surface area contributed by atoms with E-state index in [-0.39, 0.29) is 11.8 Å². The lowest BCUT2D eigenvalue weighted by molar-refractivity contribution is -0.119.